The lowest BCUT2D eigenvalue weighted by atomic mass is 10.1. The summed E-state index contributed by atoms with van der Waals surface area (Å²) in [6.07, 6.45) is 0. The summed E-state index contributed by atoms with van der Waals surface area (Å²) in [5.41, 5.74) is 0.691. The normalized spacial score (nSPS) is 10.2. The highest BCUT2D eigenvalue weighted by Crippen LogP contribution is 2.22. The number of hydrogen-bond acceptors (Lipinski definition) is 5. The zero-order valence-corrected chi connectivity index (χ0v) is 12.3. The molecule has 0 bridgehead atoms. The zero-order valence-electron chi connectivity index (χ0n) is 11.5. The van der Waals surface area contributed by atoms with Gasteiger partial charge in [-0.1, -0.05) is 0 Å². The molecule has 0 fully saturated rings. The third-order valence-electron chi connectivity index (χ3n) is 2.83. The number of rotatable bonds is 5. The highest BCUT2D eigenvalue weighted by Gasteiger charge is 2.14. The van der Waals surface area contributed by atoms with Crippen molar-refractivity contribution >= 4 is 23.1 Å². The predicted octanol–water partition coefficient (Wildman–Crippen LogP) is 3.46. The Morgan fingerprint density at radius 1 is 1.29 bits per heavy atom. The van der Waals surface area contributed by atoms with E-state index in [2.05, 4.69) is 4.74 Å². The maximum Gasteiger partial charge on any atom is 0.348 e. The molecule has 0 aliphatic rings. The van der Waals surface area contributed by atoms with Crippen LogP contribution in [0.15, 0.2) is 29.6 Å². The van der Waals surface area contributed by atoms with Crippen LogP contribution >= 0.6 is 11.3 Å². The van der Waals surface area contributed by atoms with E-state index in [9.17, 15) is 14.0 Å². The second-order valence-corrected chi connectivity index (χ2v) is 5.17. The van der Waals surface area contributed by atoms with E-state index in [1.54, 1.807) is 11.4 Å². The number of carbonyl (C=O) groups is 2. The first-order valence-corrected chi connectivity index (χ1v) is 6.99. The molecule has 0 unspecified atom stereocenters. The van der Waals surface area contributed by atoms with Crippen molar-refractivity contribution in [2.45, 2.75) is 13.5 Å². The lowest BCUT2D eigenvalue weighted by molar-refractivity contribution is 0.0603. The van der Waals surface area contributed by atoms with E-state index >= 15 is 0 Å². The fourth-order valence-electron chi connectivity index (χ4n) is 1.75. The molecular weight excluding hydrogens is 295 g/mol. The van der Waals surface area contributed by atoms with Crippen LogP contribution in [0.2, 0.25) is 0 Å². The molecule has 0 atom stereocenters. The van der Waals surface area contributed by atoms with E-state index in [-0.39, 0.29) is 18.0 Å². The van der Waals surface area contributed by atoms with Crippen molar-refractivity contribution in [2.24, 2.45) is 0 Å². The van der Waals surface area contributed by atoms with E-state index in [1.807, 2.05) is 0 Å². The first kappa shape index (κ1) is 15.2. The minimum absolute atomic E-state index is 0.0214. The Bertz CT molecular complexity index is 678. The molecule has 2 aromatic rings. The number of methoxy groups -OCH3 is 1. The van der Waals surface area contributed by atoms with Gasteiger partial charge in [0.1, 0.15) is 23.1 Å². The average molecular weight is 308 g/mol. The second kappa shape index (κ2) is 6.49. The smallest absolute Gasteiger partial charge is 0.348 e. The van der Waals surface area contributed by atoms with Crippen molar-refractivity contribution in [3.05, 3.63) is 51.5 Å². The number of Topliss-reactive ketones (excluding diaryl/α,β-unsaturated/α-hetero) is 1. The highest BCUT2D eigenvalue weighted by molar-refractivity contribution is 7.12. The summed E-state index contributed by atoms with van der Waals surface area (Å²) >= 11 is 1.25. The number of halogens is 1. The fourth-order valence-corrected chi connectivity index (χ4v) is 2.58. The molecule has 110 valence electrons. The monoisotopic (exact) mass is 308 g/mol. The van der Waals surface area contributed by atoms with Crippen LogP contribution in [0.25, 0.3) is 0 Å². The van der Waals surface area contributed by atoms with Gasteiger partial charge < -0.3 is 9.47 Å². The van der Waals surface area contributed by atoms with Crippen LogP contribution in [0, 0.1) is 5.82 Å². The molecule has 0 saturated carbocycles. The summed E-state index contributed by atoms with van der Waals surface area (Å²) in [4.78, 5) is 23.1. The fraction of sp³-hybridized carbons (Fsp3) is 0.200. The Hall–Kier alpha value is -2.21. The summed E-state index contributed by atoms with van der Waals surface area (Å²) in [6, 6.07) is 5.80. The number of esters is 1. The summed E-state index contributed by atoms with van der Waals surface area (Å²) in [5.74, 6) is -1.11. The lowest BCUT2D eigenvalue weighted by Crippen LogP contribution is -2.05. The molecule has 4 nitrogen and oxygen atoms in total. The van der Waals surface area contributed by atoms with Crippen LogP contribution in [0.1, 0.15) is 32.5 Å². The van der Waals surface area contributed by atoms with Crippen LogP contribution in [-0.4, -0.2) is 18.9 Å². The summed E-state index contributed by atoms with van der Waals surface area (Å²) in [6.45, 7) is 1.42. The first-order chi connectivity index (χ1) is 10.0. The molecule has 0 aliphatic heterocycles. The van der Waals surface area contributed by atoms with Gasteiger partial charge in [0, 0.05) is 11.6 Å². The van der Waals surface area contributed by atoms with Gasteiger partial charge in [-0.2, -0.15) is 0 Å². The average Bonchev–Trinajstić information content (AvgIpc) is 2.92. The van der Waals surface area contributed by atoms with Gasteiger partial charge in [-0.3, -0.25) is 4.79 Å². The SMILES string of the molecule is COC(=O)c1sccc1COc1ccc(C(C)=O)c(F)c1. The summed E-state index contributed by atoms with van der Waals surface area (Å²) in [5, 5.41) is 1.75. The van der Waals surface area contributed by atoms with Gasteiger partial charge in [-0.25, -0.2) is 9.18 Å². The standard InChI is InChI=1S/C15H13FO4S/c1-9(17)12-4-3-11(7-13(12)16)20-8-10-5-6-21-14(10)15(18)19-2/h3-7H,8H2,1-2H3. The second-order valence-electron chi connectivity index (χ2n) is 4.25. The molecule has 21 heavy (non-hydrogen) atoms. The van der Waals surface area contributed by atoms with Crippen LogP contribution in [0.5, 0.6) is 5.75 Å². The predicted molar refractivity (Wildman–Crippen MR) is 76.4 cm³/mol. The quantitative estimate of drug-likeness (QED) is 0.627. The Kier molecular flexibility index (Phi) is 4.70. The third-order valence-corrected chi connectivity index (χ3v) is 3.77. The summed E-state index contributed by atoms with van der Waals surface area (Å²) < 4.78 is 23.8. The molecule has 0 amide bonds. The Balaban J connectivity index is 2.10. The minimum Gasteiger partial charge on any atom is -0.489 e. The zero-order chi connectivity index (χ0) is 15.4. The molecule has 0 radical (unpaired) electrons. The Morgan fingerprint density at radius 2 is 2.05 bits per heavy atom. The largest absolute Gasteiger partial charge is 0.489 e. The Labute approximate surface area is 125 Å². The molecule has 0 N–H and O–H groups in total. The van der Waals surface area contributed by atoms with E-state index in [4.69, 9.17) is 4.74 Å². The van der Waals surface area contributed by atoms with Crippen molar-refractivity contribution in [1.82, 2.24) is 0 Å². The van der Waals surface area contributed by atoms with Crippen molar-refractivity contribution in [3.63, 3.8) is 0 Å². The number of ether oxygens (including phenoxy) is 2. The van der Waals surface area contributed by atoms with Gasteiger partial charge in [0.15, 0.2) is 5.78 Å². The Morgan fingerprint density at radius 3 is 2.67 bits per heavy atom. The van der Waals surface area contributed by atoms with Gasteiger partial charge in [0.05, 0.1) is 12.7 Å². The van der Waals surface area contributed by atoms with Crippen LogP contribution < -0.4 is 4.74 Å². The molecule has 0 spiro atoms. The van der Waals surface area contributed by atoms with Gasteiger partial charge >= 0.3 is 5.97 Å². The molecule has 1 aromatic heterocycles. The van der Waals surface area contributed by atoms with E-state index in [0.717, 1.165) is 6.07 Å². The topological polar surface area (TPSA) is 52.6 Å². The number of ketones is 1. The highest BCUT2D eigenvalue weighted by atomic mass is 32.1. The number of benzene rings is 1. The van der Waals surface area contributed by atoms with Crippen molar-refractivity contribution in [1.29, 1.82) is 0 Å². The van der Waals surface area contributed by atoms with Gasteiger partial charge in [-0.15, -0.1) is 11.3 Å². The number of thiophene rings is 1. The summed E-state index contributed by atoms with van der Waals surface area (Å²) in [7, 11) is 1.31. The molecule has 0 aliphatic carbocycles. The van der Waals surface area contributed by atoms with Crippen LogP contribution in [0.3, 0.4) is 0 Å². The van der Waals surface area contributed by atoms with Gasteiger partial charge in [0.2, 0.25) is 0 Å². The molecule has 1 aromatic carbocycles. The van der Waals surface area contributed by atoms with E-state index in [0.29, 0.717) is 16.2 Å². The van der Waals surface area contributed by atoms with Gasteiger partial charge in [-0.05, 0) is 30.5 Å². The molecule has 1 heterocycles. The maximum absolute atomic E-state index is 13.7. The van der Waals surface area contributed by atoms with Crippen molar-refractivity contribution in [2.75, 3.05) is 7.11 Å². The molecular formula is C15H13FO4S. The lowest BCUT2D eigenvalue weighted by Gasteiger charge is -2.08. The van der Waals surface area contributed by atoms with Crippen molar-refractivity contribution in [3.8, 4) is 5.75 Å². The van der Waals surface area contributed by atoms with Crippen LogP contribution in [0.4, 0.5) is 4.39 Å². The number of hydrogen-bond donors (Lipinski definition) is 0. The van der Waals surface area contributed by atoms with Crippen molar-refractivity contribution < 1.29 is 23.5 Å². The third kappa shape index (κ3) is 3.46. The molecule has 2 rings (SSSR count). The maximum atomic E-state index is 13.7. The van der Waals surface area contributed by atoms with Crippen LogP contribution in [-0.2, 0) is 11.3 Å². The van der Waals surface area contributed by atoms with E-state index in [1.165, 1.54) is 37.5 Å². The minimum atomic E-state index is -0.626. The van der Waals surface area contributed by atoms with E-state index < -0.39 is 11.8 Å². The molecule has 6 heteroatoms. The first-order valence-electron chi connectivity index (χ1n) is 6.11. The van der Waals surface area contributed by atoms with Gasteiger partial charge in [0.25, 0.3) is 0 Å². The number of carbonyl (C=O) groups excluding carboxylic acids is 2. The molecule has 0 saturated heterocycles.